The van der Waals surface area contributed by atoms with Crippen LogP contribution >= 0.6 is 0 Å². The van der Waals surface area contributed by atoms with Crippen LogP contribution in [0.4, 0.5) is 0 Å². The molecule has 0 aromatic rings. The fraction of sp³-hybridized carbons (Fsp3) is 0.977. The molecule has 6 aliphatic rings. The molecule has 6 aliphatic heterocycles. The standard InChI is InChI=1S/C12H22O4.C11H21NO6.C11H22O4.C9H16O5/c1-7(2)15-6-12-5-4-9(16-12)8(3)10(13)11(12)14;1-5(2)17-11-8(12-6(3)14)10(16)9(15)7(4-13)18-11;1-6(2)14-5-9-11(13)10(12)7(3)8(4)15-9;1-5-6-3-13-9(14-6,4-12-2)8(11)7(5)10/h7-11,13-14H,4-6H2,1-3H3;5,7-11,13,15-16H,4H2,1-3H3,(H,12,14);6-13H,5H2,1-4H3;5-8,10-11H,3-4H2,1-2H3/t8?,9-,10-,11-,12?;7?,8?,9-,10+,11+;7?,8-,9?,10-,11+;5?,6-,7-,8-,9?/m1011/s1. The molecule has 20 atom stereocenters. The van der Waals surface area contributed by atoms with E-state index in [1.807, 2.05) is 55.4 Å². The van der Waals surface area contributed by atoms with Crippen molar-refractivity contribution in [2.45, 2.75) is 210 Å². The molecular formula is C43H81NO19. The molecule has 0 aromatic carbocycles. The van der Waals surface area contributed by atoms with Crippen LogP contribution in [0.1, 0.15) is 89.0 Å². The highest BCUT2D eigenvalue weighted by Gasteiger charge is 2.59. The van der Waals surface area contributed by atoms with Gasteiger partial charge in [0.2, 0.25) is 11.7 Å². The molecule has 0 aliphatic carbocycles. The molecule has 0 saturated carbocycles. The van der Waals surface area contributed by atoms with Crippen LogP contribution in [0.2, 0.25) is 0 Å². The predicted molar refractivity (Wildman–Crippen MR) is 224 cm³/mol. The number of hydrogen-bond acceptors (Lipinski definition) is 19. The zero-order valence-electron chi connectivity index (χ0n) is 39.2. The number of aliphatic hydroxyl groups excluding tert-OH is 9. The van der Waals surface area contributed by atoms with Crippen LogP contribution in [-0.2, 0) is 47.4 Å². The average Bonchev–Trinajstić information content (AvgIpc) is 3.84. The summed E-state index contributed by atoms with van der Waals surface area (Å²) in [5, 5.41) is 90.5. The minimum absolute atomic E-state index is 0.00433. The Hall–Kier alpha value is -1.25. The summed E-state index contributed by atoms with van der Waals surface area (Å²) in [4.78, 5) is 11.1. The maximum Gasteiger partial charge on any atom is 0.221 e. The number of rotatable bonds is 12. The Morgan fingerprint density at radius 2 is 1.29 bits per heavy atom. The fourth-order valence-corrected chi connectivity index (χ4v) is 8.37. The van der Waals surface area contributed by atoms with Gasteiger partial charge in [0.25, 0.3) is 0 Å². The van der Waals surface area contributed by atoms with Crippen molar-refractivity contribution < 1.29 is 93.4 Å². The zero-order chi connectivity index (χ0) is 47.7. The Kier molecular flexibility index (Phi) is 22.0. The molecule has 6 saturated heterocycles. The molecule has 1 amide bonds. The van der Waals surface area contributed by atoms with Crippen LogP contribution in [0, 0.1) is 17.8 Å². The van der Waals surface area contributed by atoms with E-state index in [2.05, 4.69) is 5.32 Å². The highest BCUT2D eigenvalue weighted by Crippen LogP contribution is 2.45. The number of aliphatic hydroxyl groups is 9. The summed E-state index contributed by atoms with van der Waals surface area (Å²) in [7, 11) is 1.51. The van der Waals surface area contributed by atoms with E-state index in [9.17, 15) is 45.6 Å². The van der Waals surface area contributed by atoms with E-state index >= 15 is 0 Å². The largest absolute Gasteiger partial charge is 0.394 e. The van der Waals surface area contributed by atoms with Gasteiger partial charge in [-0.3, -0.25) is 4.79 Å². The lowest BCUT2D eigenvalue weighted by Crippen LogP contribution is -2.64. The Balaban J connectivity index is 0.000000224. The Bertz CT molecular complexity index is 1350. The Labute approximate surface area is 372 Å². The van der Waals surface area contributed by atoms with Crippen molar-refractivity contribution in [1.82, 2.24) is 5.32 Å². The summed E-state index contributed by atoms with van der Waals surface area (Å²) in [6, 6.07) is -0.873. The summed E-state index contributed by atoms with van der Waals surface area (Å²) < 4.78 is 49.1. The third-order valence-corrected chi connectivity index (χ3v) is 12.6. The summed E-state index contributed by atoms with van der Waals surface area (Å²) >= 11 is 0. The van der Waals surface area contributed by atoms with Gasteiger partial charge in [0.15, 0.2) is 6.29 Å². The first-order valence-corrected chi connectivity index (χ1v) is 22.4. The lowest BCUT2D eigenvalue weighted by Gasteiger charge is -2.43. The maximum atomic E-state index is 11.1. The van der Waals surface area contributed by atoms with Crippen molar-refractivity contribution in [2.24, 2.45) is 17.8 Å². The number of amides is 1. The number of methoxy groups -OCH3 is 1. The number of fused-ring (bicyclic) bond motifs is 4. The van der Waals surface area contributed by atoms with E-state index in [1.54, 1.807) is 13.8 Å². The third-order valence-electron chi connectivity index (χ3n) is 12.6. The van der Waals surface area contributed by atoms with Gasteiger partial charge in [-0.05, 0) is 61.3 Å². The summed E-state index contributed by atoms with van der Waals surface area (Å²) in [6.07, 6.45) is -8.22. The maximum absolute atomic E-state index is 11.1. The molecule has 0 radical (unpaired) electrons. The van der Waals surface area contributed by atoms with E-state index < -0.39 is 91.4 Å². The molecule has 8 unspecified atom stereocenters. The first-order chi connectivity index (χ1) is 29.4. The van der Waals surface area contributed by atoms with Gasteiger partial charge in [-0.1, -0.05) is 20.8 Å². The molecule has 6 fully saturated rings. The molecule has 20 heteroatoms. The van der Waals surface area contributed by atoms with Crippen LogP contribution in [0.15, 0.2) is 0 Å². The first-order valence-electron chi connectivity index (χ1n) is 22.4. The number of carbonyl (C=O) groups excluding carboxylic acids is 1. The average molecular weight is 916 g/mol. The number of nitrogens with one attached hydrogen (secondary N) is 1. The van der Waals surface area contributed by atoms with Crippen molar-refractivity contribution in [3.63, 3.8) is 0 Å². The highest BCUT2D eigenvalue weighted by atomic mass is 16.8. The molecule has 63 heavy (non-hydrogen) atoms. The Morgan fingerprint density at radius 3 is 1.84 bits per heavy atom. The first kappa shape index (κ1) is 56.1. The summed E-state index contributed by atoms with van der Waals surface area (Å²) in [6.45, 7) is 20.9. The summed E-state index contributed by atoms with van der Waals surface area (Å²) in [5.74, 6) is -1.68. The second-order valence-electron chi connectivity index (χ2n) is 18.6. The zero-order valence-corrected chi connectivity index (χ0v) is 39.2. The van der Waals surface area contributed by atoms with E-state index in [0.717, 1.165) is 12.8 Å². The van der Waals surface area contributed by atoms with Crippen molar-refractivity contribution in [3.05, 3.63) is 0 Å². The van der Waals surface area contributed by atoms with Gasteiger partial charge in [-0.15, -0.1) is 0 Å². The minimum Gasteiger partial charge on any atom is -0.394 e. The van der Waals surface area contributed by atoms with E-state index in [-0.39, 0.29) is 66.9 Å². The lowest BCUT2D eigenvalue weighted by atomic mass is 9.86. The molecule has 0 spiro atoms. The lowest BCUT2D eigenvalue weighted by molar-refractivity contribution is -0.298. The smallest absolute Gasteiger partial charge is 0.221 e. The van der Waals surface area contributed by atoms with Gasteiger partial charge in [0, 0.05) is 31.8 Å². The van der Waals surface area contributed by atoms with E-state index in [4.69, 9.17) is 47.7 Å². The quantitative estimate of drug-likeness (QED) is 0.109. The van der Waals surface area contributed by atoms with Crippen LogP contribution in [-0.4, -0.2) is 213 Å². The molecular weight excluding hydrogens is 834 g/mol. The predicted octanol–water partition coefficient (Wildman–Crippen LogP) is -1.27. The molecule has 10 N–H and O–H groups in total. The third kappa shape index (κ3) is 14.1. The topological polar surface area (TPSA) is 294 Å². The highest BCUT2D eigenvalue weighted by molar-refractivity contribution is 5.73. The van der Waals surface area contributed by atoms with Gasteiger partial charge in [-0.25, -0.2) is 0 Å². The molecule has 0 aromatic heterocycles. The molecule has 20 nitrogen and oxygen atoms in total. The second kappa shape index (κ2) is 24.7. The fourth-order valence-electron chi connectivity index (χ4n) is 8.37. The van der Waals surface area contributed by atoms with Crippen LogP contribution in [0.3, 0.4) is 0 Å². The SMILES string of the molecule is CC(=O)NC1[C@H](OC(C)C)OC(CO)[C@H](O)[C@@H]1O.CC(C)OCC12CC[C@@H](O1)C(C)[C@@H](O)[C@H]2O.CC(C)OCC1O[C@H](C)C(C)[C@@H](O)[C@H]1O.COCC12OC[C@@H](O1)C(C)[C@@H](O)[C@H]2O. The molecule has 372 valence electrons. The van der Waals surface area contributed by atoms with E-state index in [0.29, 0.717) is 19.8 Å². The monoisotopic (exact) mass is 916 g/mol. The van der Waals surface area contributed by atoms with E-state index in [1.165, 1.54) is 14.0 Å². The van der Waals surface area contributed by atoms with Gasteiger partial charge in [0.05, 0.1) is 81.4 Å². The number of hydrogen-bond donors (Lipinski definition) is 10. The Morgan fingerprint density at radius 1 is 0.698 bits per heavy atom. The van der Waals surface area contributed by atoms with Crippen LogP contribution < -0.4 is 5.32 Å². The van der Waals surface area contributed by atoms with Gasteiger partial charge in [0.1, 0.15) is 61.0 Å². The van der Waals surface area contributed by atoms with Gasteiger partial charge in [-0.2, -0.15) is 0 Å². The van der Waals surface area contributed by atoms with Crippen molar-refractivity contribution in [1.29, 1.82) is 0 Å². The van der Waals surface area contributed by atoms with Crippen LogP contribution in [0.5, 0.6) is 0 Å². The van der Waals surface area contributed by atoms with Crippen molar-refractivity contribution >= 4 is 5.91 Å². The van der Waals surface area contributed by atoms with Gasteiger partial charge < -0.3 is 93.9 Å². The summed E-state index contributed by atoms with van der Waals surface area (Å²) in [5.41, 5.74) is -0.680. The van der Waals surface area contributed by atoms with Crippen molar-refractivity contribution in [2.75, 3.05) is 40.1 Å². The molecule has 4 bridgehead atoms. The number of carbonyl (C=O) groups is 1. The number of ether oxygens (including phenoxy) is 9. The van der Waals surface area contributed by atoms with Gasteiger partial charge >= 0.3 is 0 Å². The second-order valence-corrected chi connectivity index (χ2v) is 18.6. The molecule has 6 heterocycles. The van der Waals surface area contributed by atoms with Crippen LogP contribution in [0.25, 0.3) is 0 Å². The van der Waals surface area contributed by atoms with Crippen molar-refractivity contribution in [3.8, 4) is 0 Å². The minimum atomic E-state index is -1.28. The normalized spacial score (nSPS) is 44.3. The molecule has 6 rings (SSSR count).